The van der Waals surface area contributed by atoms with Gasteiger partial charge in [-0.2, -0.15) is 0 Å². The molecule has 1 N–H and O–H groups in total. The number of carbonyl (C=O) groups excluding carboxylic acids is 1. The first kappa shape index (κ1) is 9.74. The van der Waals surface area contributed by atoms with Crippen molar-refractivity contribution in [2.45, 2.75) is 13.0 Å². The van der Waals surface area contributed by atoms with Crippen molar-refractivity contribution >= 4 is 5.97 Å². The van der Waals surface area contributed by atoms with E-state index in [1.54, 1.807) is 12.1 Å². The van der Waals surface area contributed by atoms with Crippen molar-refractivity contribution in [3.8, 4) is 0 Å². The summed E-state index contributed by atoms with van der Waals surface area (Å²) in [7, 11) is 0. The second kappa shape index (κ2) is 4.62. The minimum atomic E-state index is -0.731. The Balaban J connectivity index is 2.49. The van der Waals surface area contributed by atoms with Crippen LogP contribution in [0.15, 0.2) is 30.3 Å². The fourth-order valence-electron chi connectivity index (χ4n) is 0.968. The van der Waals surface area contributed by atoms with Crippen LogP contribution in [-0.2, 0) is 9.53 Å². The Morgan fingerprint density at radius 3 is 2.62 bits per heavy atom. The van der Waals surface area contributed by atoms with Crippen LogP contribution in [0.3, 0.4) is 0 Å². The van der Waals surface area contributed by atoms with Crippen LogP contribution in [0.25, 0.3) is 0 Å². The molecule has 3 nitrogen and oxygen atoms in total. The Hall–Kier alpha value is -1.35. The molecule has 0 fully saturated rings. The Morgan fingerprint density at radius 2 is 2.08 bits per heavy atom. The van der Waals surface area contributed by atoms with E-state index >= 15 is 0 Å². The van der Waals surface area contributed by atoms with E-state index in [2.05, 4.69) is 4.74 Å². The molecule has 0 aliphatic rings. The molecular weight excluding hydrogens is 168 g/mol. The number of hydrogen-bond donors (Lipinski definition) is 1. The highest BCUT2D eigenvalue weighted by Crippen LogP contribution is 2.11. The molecular formula is C10H12O3. The Labute approximate surface area is 77.0 Å². The topological polar surface area (TPSA) is 46.5 Å². The zero-order valence-corrected chi connectivity index (χ0v) is 7.43. The number of esters is 1. The maximum Gasteiger partial charge on any atom is 0.302 e. The Bertz CT molecular complexity index is 269. The SMILES string of the molecule is CC(=O)OCC(O)c1ccccc1. The van der Waals surface area contributed by atoms with Gasteiger partial charge in [0.2, 0.25) is 0 Å². The summed E-state index contributed by atoms with van der Waals surface area (Å²) < 4.78 is 4.67. The molecule has 0 aliphatic carbocycles. The van der Waals surface area contributed by atoms with Gasteiger partial charge in [-0.1, -0.05) is 30.3 Å². The third-order valence-electron chi connectivity index (χ3n) is 1.63. The van der Waals surface area contributed by atoms with E-state index in [0.29, 0.717) is 0 Å². The van der Waals surface area contributed by atoms with Crippen LogP contribution in [0.2, 0.25) is 0 Å². The molecule has 3 heteroatoms. The summed E-state index contributed by atoms with van der Waals surface area (Å²) in [5.74, 6) is -0.380. The van der Waals surface area contributed by atoms with Gasteiger partial charge in [-0.25, -0.2) is 0 Å². The average Bonchev–Trinajstić information content (AvgIpc) is 2.15. The Kier molecular flexibility index (Phi) is 3.46. The fraction of sp³-hybridized carbons (Fsp3) is 0.300. The van der Waals surface area contributed by atoms with Gasteiger partial charge in [0.1, 0.15) is 12.7 Å². The van der Waals surface area contributed by atoms with Gasteiger partial charge >= 0.3 is 5.97 Å². The summed E-state index contributed by atoms with van der Waals surface area (Å²) in [4.78, 5) is 10.4. The average molecular weight is 180 g/mol. The van der Waals surface area contributed by atoms with Crippen LogP contribution in [0.4, 0.5) is 0 Å². The highest BCUT2D eigenvalue weighted by atomic mass is 16.5. The van der Waals surface area contributed by atoms with Gasteiger partial charge in [-0.3, -0.25) is 4.79 Å². The van der Waals surface area contributed by atoms with Gasteiger partial charge in [0.15, 0.2) is 0 Å². The third kappa shape index (κ3) is 3.25. The molecule has 0 heterocycles. The van der Waals surface area contributed by atoms with E-state index in [0.717, 1.165) is 5.56 Å². The summed E-state index contributed by atoms with van der Waals surface area (Å²) in [5.41, 5.74) is 0.753. The van der Waals surface area contributed by atoms with Crippen LogP contribution >= 0.6 is 0 Å². The fourth-order valence-corrected chi connectivity index (χ4v) is 0.968. The highest BCUT2D eigenvalue weighted by Gasteiger charge is 2.07. The predicted octanol–water partition coefficient (Wildman–Crippen LogP) is 1.28. The van der Waals surface area contributed by atoms with Gasteiger partial charge in [0.05, 0.1) is 0 Å². The summed E-state index contributed by atoms with van der Waals surface area (Å²) in [6, 6.07) is 9.09. The number of rotatable bonds is 3. The van der Waals surface area contributed by atoms with Gasteiger partial charge in [0, 0.05) is 6.92 Å². The van der Waals surface area contributed by atoms with E-state index in [1.165, 1.54) is 6.92 Å². The summed E-state index contributed by atoms with van der Waals surface area (Å²) in [6.45, 7) is 1.33. The summed E-state index contributed by atoms with van der Waals surface area (Å²) in [6.07, 6.45) is -0.731. The number of aliphatic hydroxyl groups excluding tert-OH is 1. The van der Waals surface area contributed by atoms with Crippen LogP contribution in [0, 0.1) is 0 Å². The molecule has 1 aromatic carbocycles. The maximum absolute atomic E-state index is 10.4. The molecule has 0 saturated heterocycles. The minimum absolute atomic E-state index is 0.0132. The lowest BCUT2D eigenvalue weighted by atomic mass is 10.1. The van der Waals surface area contributed by atoms with Crippen molar-refractivity contribution in [3.63, 3.8) is 0 Å². The second-order valence-electron chi connectivity index (χ2n) is 2.73. The monoisotopic (exact) mass is 180 g/mol. The van der Waals surface area contributed by atoms with Crippen LogP contribution in [0.5, 0.6) is 0 Å². The smallest absolute Gasteiger partial charge is 0.302 e. The minimum Gasteiger partial charge on any atom is -0.463 e. The first-order valence-electron chi connectivity index (χ1n) is 4.06. The molecule has 0 amide bonds. The summed E-state index contributed by atoms with van der Waals surface area (Å²) in [5, 5.41) is 9.49. The molecule has 1 atom stereocenters. The van der Waals surface area contributed by atoms with E-state index in [1.807, 2.05) is 18.2 Å². The van der Waals surface area contributed by atoms with Crippen LogP contribution in [-0.4, -0.2) is 17.7 Å². The molecule has 0 aromatic heterocycles. The van der Waals surface area contributed by atoms with E-state index in [9.17, 15) is 9.90 Å². The molecule has 1 unspecified atom stereocenters. The second-order valence-corrected chi connectivity index (χ2v) is 2.73. The molecule has 0 radical (unpaired) electrons. The first-order valence-corrected chi connectivity index (χ1v) is 4.06. The number of hydrogen-bond acceptors (Lipinski definition) is 3. The largest absolute Gasteiger partial charge is 0.463 e. The van der Waals surface area contributed by atoms with Gasteiger partial charge in [-0.05, 0) is 5.56 Å². The van der Waals surface area contributed by atoms with E-state index in [4.69, 9.17) is 0 Å². The van der Waals surface area contributed by atoms with Crippen LogP contribution in [0.1, 0.15) is 18.6 Å². The quantitative estimate of drug-likeness (QED) is 0.713. The zero-order valence-electron chi connectivity index (χ0n) is 7.43. The molecule has 1 aromatic rings. The van der Waals surface area contributed by atoms with Gasteiger partial charge in [0.25, 0.3) is 0 Å². The lowest BCUT2D eigenvalue weighted by Crippen LogP contribution is -2.09. The number of ether oxygens (including phenoxy) is 1. The van der Waals surface area contributed by atoms with Crippen molar-refractivity contribution in [2.75, 3.05) is 6.61 Å². The molecule has 0 bridgehead atoms. The molecule has 13 heavy (non-hydrogen) atoms. The molecule has 0 saturated carbocycles. The molecule has 70 valence electrons. The third-order valence-corrected chi connectivity index (χ3v) is 1.63. The predicted molar refractivity (Wildman–Crippen MR) is 48.0 cm³/mol. The number of aliphatic hydroxyl groups is 1. The van der Waals surface area contributed by atoms with Crippen molar-refractivity contribution in [1.29, 1.82) is 0 Å². The van der Waals surface area contributed by atoms with Crippen molar-refractivity contribution < 1.29 is 14.6 Å². The lowest BCUT2D eigenvalue weighted by molar-refractivity contribution is -0.144. The lowest BCUT2D eigenvalue weighted by Gasteiger charge is -2.09. The van der Waals surface area contributed by atoms with Crippen molar-refractivity contribution in [1.82, 2.24) is 0 Å². The normalized spacial score (nSPS) is 12.2. The van der Waals surface area contributed by atoms with Crippen LogP contribution < -0.4 is 0 Å². The maximum atomic E-state index is 10.4. The van der Waals surface area contributed by atoms with Crippen molar-refractivity contribution in [2.24, 2.45) is 0 Å². The van der Waals surface area contributed by atoms with Gasteiger partial charge < -0.3 is 9.84 Å². The summed E-state index contributed by atoms with van der Waals surface area (Å²) >= 11 is 0. The first-order chi connectivity index (χ1) is 6.20. The van der Waals surface area contributed by atoms with E-state index < -0.39 is 6.10 Å². The molecule has 0 spiro atoms. The highest BCUT2D eigenvalue weighted by molar-refractivity contribution is 5.65. The number of benzene rings is 1. The van der Waals surface area contributed by atoms with Gasteiger partial charge in [-0.15, -0.1) is 0 Å². The molecule has 0 aliphatic heterocycles. The Morgan fingerprint density at radius 1 is 1.46 bits per heavy atom. The zero-order chi connectivity index (χ0) is 9.68. The number of carbonyl (C=O) groups is 1. The standard InChI is InChI=1S/C10H12O3/c1-8(11)13-7-10(12)9-5-3-2-4-6-9/h2-6,10,12H,7H2,1H3. The van der Waals surface area contributed by atoms with E-state index in [-0.39, 0.29) is 12.6 Å². The van der Waals surface area contributed by atoms with Crippen molar-refractivity contribution in [3.05, 3.63) is 35.9 Å². The molecule has 1 rings (SSSR count).